The first kappa shape index (κ1) is 14.9. The largest absolute Gasteiger partial charge is 0.339 e. The Hall–Kier alpha value is -1.20. The number of halogens is 1. The van der Waals surface area contributed by atoms with Crippen molar-refractivity contribution in [1.29, 1.82) is 0 Å². The van der Waals surface area contributed by atoms with E-state index in [1.807, 2.05) is 20.9 Å². The summed E-state index contributed by atoms with van der Waals surface area (Å²) in [6, 6.07) is 0. The second-order valence-electron chi connectivity index (χ2n) is 4.41. The van der Waals surface area contributed by atoms with Gasteiger partial charge in [-0.05, 0) is 7.05 Å². The molecule has 0 unspecified atom stereocenters. The van der Waals surface area contributed by atoms with Crippen molar-refractivity contribution < 1.29 is 4.79 Å². The maximum Gasteiger partial charge on any atom is 0.273 e. The molecule has 100 valence electrons. The zero-order chi connectivity index (χ0) is 13.7. The highest BCUT2D eigenvalue weighted by molar-refractivity contribution is 6.33. The first-order chi connectivity index (χ1) is 8.47. The fourth-order valence-corrected chi connectivity index (χ4v) is 1.54. The van der Waals surface area contributed by atoms with Crippen LogP contribution in [-0.4, -0.2) is 48.0 Å². The number of carbonyl (C=O) groups excluding carboxylic acids is 1. The van der Waals surface area contributed by atoms with Gasteiger partial charge in [0.15, 0.2) is 5.69 Å². The molecule has 0 aromatic carbocycles. The number of nitrogens with zero attached hydrogens (tertiary/aromatic N) is 3. The molecule has 6 heteroatoms. The van der Waals surface area contributed by atoms with Gasteiger partial charge in [0.2, 0.25) is 0 Å². The van der Waals surface area contributed by atoms with Gasteiger partial charge in [-0.3, -0.25) is 4.79 Å². The number of hydrogen-bond donors (Lipinski definition) is 1. The van der Waals surface area contributed by atoms with Gasteiger partial charge < -0.3 is 10.2 Å². The molecular formula is C12H19ClN4O. The minimum absolute atomic E-state index is 0.163. The molecule has 1 rings (SSSR count). The summed E-state index contributed by atoms with van der Waals surface area (Å²) >= 11 is 5.99. The molecule has 0 aliphatic heterocycles. The minimum Gasteiger partial charge on any atom is -0.339 e. The maximum atomic E-state index is 12.2. The lowest BCUT2D eigenvalue weighted by molar-refractivity contribution is 0.0790. The lowest BCUT2D eigenvalue weighted by atomic mass is 10.2. The van der Waals surface area contributed by atoms with Crippen LogP contribution >= 0.6 is 11.6 Å². The third-order valence-corrected chi connectivity index (χ3v) is 2.80. The number of nitrogens with one attached hydrogen (secondary N) is 1. The third-order valence-electron chi connectivity index (χ3n) is 2.53. The van der Waals surface area contributed by atoms with Gasteiger partial charge in [-0.15, -0.1) is 0 Å². The van der Waals surface area contributed by atoms with Crippen molar-refractivity contribution in [2.45, 2.75) is 19.8 Å². The summed E-state index contributed by atoms with van der Waals surface area (Å²) in [7, 11) is 3.57. The van der Waals surface area contributed by atoms with Gasteiger partial charge >= 0.3 is 0 Å². The number of rotatable bonds is 5. The number of hydrogen-bond acceptors (Lipinski definition) is 4. The van der Waals surface area contributed by atoms with E-state index < -0.39 is 0 Å². The van der Waals surface area contributed by atoms with Crippen molar-refractivity contribution in [3.8, 4) is 0 Å². The van der Waals surface area contributed by atoms with Crippen LogP contribution in [0.5, 0.6) is 0 Å². The van der Waals surface area contributed by atoms with Crippen LogP contribution in [0.3, 0.4) is 0 Å². The average molecular weight is 271 g/mol. The molecule has 0 spiro atoms. The zero-order valence-electron chi connectivity index (χ0n) is 11.2. The predicted molar refractivity (Wildman–Crippen MR) is 72.0 cm³/mol. The topological polar surface area (TPSA) is 58.1 Å². The molecule has 1 heterocycles. The van der Waals surface area contributed by atoms with E-state index in [9.17, 15) is 4.79 Å². The first-order valence-electron chi connectivity index (χ1n) is 5.89. The monoisotopic (exact) mass is 270 g/mol. The Bertz CT molecular complexity index is 423. The second-order valence-corrected chi connectivity index (χ2v) is 4.82. The van der Waals surface area contributed by atoms with Crippen molar-refractivity contribution >= 4 is 17.5 Å². The molecule has 1 aromatic rings. The molecule has 0 aliphatic carbocycles. The molecule has 0 aliphatic rings. The fraction of sp³-hybridized carbons (Fsp3) is 0.583. The Labute approximate surface area is 113 Å². The number of aromatic nitrogens is 2. The standard InChI is InChI=1S/C12H19ClN4O/c1-8(2)11-15-7-9(13)10(16-11)12(18)17(4)6-5-14-3/h7-8,14H,5-6H2,1-4H3. The highest BCUT2D eigenvalue weighted by Gasteiger charge is 2.18. The van der Waals surface area contributed by atoms with Crippen molar-refractivity contribution in [3.63, 3.8) is 0 Å². The van der Waals surface area contributed by atoms with E-state index in [-0.39, 0.29) is 17.5 Å². The molecule has 0 saturated heterocycles. The van der Waals surface area contributed by atoms with E-state index in [4.69, 9.17) is 11.6 Å². The molecule has 1 amide bonds. The lowest BCUT2D eigenvalue weighted by Gasteiger charge is -2.17. The Morgan fingerprint density at radius 2 is 2.22 bits per heavy atom. The lowest BCUT2D eigenvalue weighted by Crippen LogP contribution is -2.33. The van der Waals surface area contributed by atoms with E-state index in [1.54, 1.807) is 11.9 Å². The number of carbonyl (C=O) groups is 1. The van der Waals surface area contributed by atoms with Crippen molar-refractivity contribution in [3.05, 3.63) is 22.7 Å². The number of amides is 1. The average Bonchev–Trinajstić information content (AvgIpc) is 2.35. The van der Waals surface area contributed by atoms with Crippen LogP contribution < -0.4 is 5.32 Å². The summed E-state index contributed by atoms with van der Waals surface area (Å²) in [4.78, 5) is 22.1. The molecule has 18 heavy (non-hydrogen) atoms. The van der Waals surface area contributed by atoms with E-state index in [2.05, 4.69) is 15.3 Å². The van der Waals surface area contributed by atoms with Gasteiger partial charge in [-0.1, -0.05) is 25.4 Å². The van der Waals surface area contributed by atoms with Gasteiger partial charge in [0.05, 0.1) is 11.2 Å². The molecule has 0 saturated carbocycles. The highest BCUT2D eigenvalue weighted by Crippen LogP contribution is 2.17. The molecule has 0 radical (unpaired) electrons. The fourth-order valence-electron chi connectivity index (χ4n) is 1.37. The highest BCUT2D eigenvalue weighted by atomic mass is 35.5. The van der Waals surface area contributed by atoms with Crippen LogP contribution in [0.25, 0.3) is 0 Å². The van der Waals surface area contributed by atoms with E-state index in [0.29, 0.717) is 17.4 Å². The molecule has 5 nitrogen and oxygen atoms in total. The summed E-state index contributed by atoms with van der Waals surface area (Å²) in [5.74, 6) is 0.612. The normalized spacial score (nSPS) is 10.8. The van der Waals surface area contributed by atoms with Crippen LogP contribution in [0.1, 0.15) is 36.1 Å². The molecule has 1 N–H and O–H groups in total. The summed E-state index contributed by atoms with van der Waals surface area (Å²) in [6.07, 6.45) is 1.49. The SMILES string of the molecule is CNCCN(C)C(=O)c1nc(C(C)C)ncc1Cl. The summed E-state index contributed by atoms with van der Waals surface area (Å²) in [5, 5.41) is 3.28. The number of likely N-dealkylation sites (N-methyl/N-ethyl adjacent to an activating group) is 2. The Balaban J connectivity index is 2.93. The van der Waals surface area contributed by atoms with E-state index in [1.165, 1.54) is 6.20 Å². The maximum absolute atomic E-state index is 12.2. The van der Waals surface area contributed by atoms with Crippen LogP contribution in [0.2, 0.25) is 5.02 Å². The van der Waals surface area contributed by atoms with Crippen molar-refractivity contribution in [2.24, 2.45) is 0 Å². The van der Waals surface area contributed by atoms with Gasteiger partial charge in [0.25, 0.3) is 5.91 Å². The second kappa shape index (κ2) is 6.66. The molecule has 0 atom stereocenters. The molecular weight excluding hydrogens is 252 g/mol. The van der Waals surface area contributed by atoms with E-state index in [0.717, 1.165) is 6.54 Å². The summed E-state index contributed by atoms with van der Waals surface area (Å²) < 4.78 is 0. The first-order valence-corrected chi connectivity index (χ1v) is 6.27. The van der Waals surface area contributed by atoms with Gasteiger partial charge in [0.1, 0.15) is 5.82 Å². The Morgan fingerprint density at radius 3 is 2.78 bits per heavy atom. The Morgan fingerprint density at radius 1 is 1.56 bits per heavy atom. The summed E-state index contributed by atoms with van der Waals surface area (Å²) in [5.41, 5.74) is 0.272. The minimum atomic E-state index is -0.181. The van der Waals surface area contributed by atoms with Crippen LogP contribution in [0.15, 0.2) is 6.20 Å². The van der Waals surface area contributed by atoms with Crippen molar-refractivity contribution in [1.82, 2.24) is 20.2 Å². The molecule has 0 bridgehead atoms. The smallest absolute Gasteiger partial charge is 0.273 e. The van der Waals surface area contributed by atoms with Crippen LogP contribution in [-0.2, 0) is 0 Å². The predicted octanol–water partition coefficient (Wildman–Crippen LogP) is 1.54. The van der Waals surface area contributed by atoms with Gasteiger partial charge in [-0.2, -0.15) is 0 Å². The quantitative estimate of drug-likeness (QED) is 0.882. The zero-order valence-corrected chi connectivity index (χ0v) is 12.0. The van der Waals surface area contributed by atoms with Crippen LogP contribution in [0, 0.1) is 0 Å². The summed E-state index contributed by atoms with van der Waals surface area (Å²) in [6.45, 7) is 5.28. The van der Waals surface area contributed by atoms with Crippen molar-refractivity contribution in [2.75, 3.05) is 27.2 Å². The molecule has 1 aromatic heterocycles. The van der Waals surface area contributed by atoms with Gasteiger partial charge in [-0.25, -0.2) is 9.97 Å². The van der Waals surface area contributed by atoms with Crippen LogP contribution in [0.4, 0.5) is 0 Å². The van der Waals surface area contributed by atoms with Gasteiger partial charge in [0, 0.05) is 26.1 Å². The Kier molecular flexibility index (Phi) is 5.50. The molecule has 0 fully saturated rings. The van der Waals surface area contributed by atoms with E-state index >= 15 is 0 Å². The third kappa shape index (κ3) is 3.65.